The molecule has 2 atom stereocenters. The first-order valence-electron chi connectivity index (χ1n) is 10.9. The second-order valence-corrected chi connectivity index (χ2v) is 7.88. The monoisotopic (exact) mass is 382 g/mol. The Morgan fingerprint density at radius 1 is 1.22 bits per heavy atom. The Bertz CT molecular complexity index is 443. The third kappa shape index (κ3) is 7.22. The first kappa shape index (κ1) is 20.8. The fourth-order valence-electron chi connectivity index (χ4n) is 4.08. The van der Waals surface area contributed by atoms with Crippen LogP contribution in [-0.2, 0) is 14.2 Å². The summed E-state index contributed by atoms with van der Waals surface area (Å²) in [6.07, 6.45) is 6.08. The van der Waals surface area contributed by atoms with Gasteiger partial charge in [0, 0.05) is 52.1 Å². The normalized spacial score (nSPS) is 27.5. The van der Waals surface area contributed by atoms with E-state index in [0.717, 1.165) is 84.4 Å². The molecule has 0 bridgehead atoms. The third-order valence-electron chi connectivity index (χ3n) is 5.71. The number of nitrogens with zero attached hydrogens (tertiary/aromatic N) is 2. The van der Waals surface area contributed by atoms with E-state index in [4.69, 9.17) is 19.2 Å². The highest BCUT2D eigenvalue weighted by atomic mass is 16.5. The van der Waals surface area contributed by atoms with Gasteiger partial charge in [-0.3, -0.25) is 9.89 Å². The fourth-order valence-corrected chi connectivity index (χ4v) is 4.08. The number of rotatable bonds is 9. The van der Waals surface area contributed by atoms with Crippen LogP contribution in [0.25, 0.3) is 0 Å². The van der Waals surface area contributed by atoms with Gasteiger partial charge in [0.1, 0.15) is 0 Å². The second kappa shape index (κ2) is 11.8. The zero-order chi connectivity index (χ0) is 18.7. The standard InChI is InChI=1S/C20H38N4O3/c1-2-21-20(22-8-4-10-26-15-17-6-11-25-12-7-17)23-13-19-14-24-9-3-5-18(24)16-27-19/h17-19H,2-16H2,1H3,(H2,21,22,23). The van der Waals surface area contributed by atoms with Crippen molar-refractivity contribution in [3.05, 3.63) is 0 Å². The summed E-state index contributed by atoms with van der Waals surface area (Å²) in [5.74, 6) is 1.56. The van der Waals surface area contributed by atoms with E-state index in [9.17, 15) is 0 Å². The minimum Gasteiger partial charge on any atom is -0.381 e. The molecule has 3 aliphatic heterocycles. The Morgan fingerprint density at radius 3 is 2.96 bits per heavy atom. The summed E-state index contributed by atoms with van der Waals surface area (Å²) >= 11 is 0. The summed E-state index contributed by atoms with van der Waals surface area (Å²) in [5.41, 5.74) is 0. The molecule has 27 heavy (non-hydrogen) atoms. The number of aliphatic imine (C=N–C) groups is 1. The molecule has 7 nitrogen and oxygen atoms in total. The first-order valence-corrected chi connectivity index (χ1v) is 10.9. The Morgan fingerprint density at radius 2 is 2.11 bits per heavy atom. The lowest BCUT2D eigenvalue weighted by Crippen LogP contribution is -2.47. The van der Waals surface area contributed by atoms with Crippen molar-refractivity contribution in [1.82, 2.24) is 15.5 Å². The lowest BCUT2D eigenvalue weighted by molar-refractivity contribution is -0.0432. The van der Waals surface area contributed by atoms with Gasteiger partial charge >= 0.3 is 0 Å². The highest BCUT2D eigenvalue weighted by Crippen LogP contribution is 2.22. The Balaban J connectivity index is 1.28. The first-order chi connectivity index (χ1) is 13.3. The highest BCUT2D eigenvalue weighted by Gasteiger charge is 2.31. The molecule has 0 aromatic rings. The number of nitrogens with one attached hydrogen (secondary N) is 2. The van der Waals surface area contributed by atoms with E-state index in [2.05, 4.69) is 22.5 Å². The van der Waals surface area contributed by atoms with Gasteiger partial charge in [0.15, 0.2) is 5.96 Å². The maximum Gasteiger partial charge on any atom is 0.191 e. The van der Waals surface area contributed by atoms with Crippen LogP contribution in [0.5, 0.6) is 0 Å². The molecule has 0 radical (unpaired) electrons. The Kier molecular flexibility index (Phi) is 9.14. The molecule has 3 saturated heterocycles. The number of hydrogen-bond acceptors (Lipinski definition) is 5. The van der Waals surface area contributed by atoms with Gasteiger partial charge in [-0.15, -0.1) is 0 Å². The van der Waals surface area contributed by atoms with Crippen LogP contribution >= 0.6 is 0 Å². The summed E-state index contributed by atoms with van der Waals surface area (Å²) in [7, 11) is 0. The molecule has 156 valence electrons. The topological polar surface area (TPSA) is 67.4 Å². The van der Waals surface area contributed by atoms with Crippen molar-refractivity contribution < 1.29 is 14.2 Å². The van der Waals surface area contributed by atoms with Crippen LogP contribution in [0.1, 0.15) is 39.0 Å². The van der Waals surface area contributed by atoms with E-state index >= 15 is 0 Å². The molecule has 0 aliphatic carbocycles. The summed E-state index contributed by atoms with van der Waals surface area (Å²) < 4.78 is 17.2. The fraction of sp³-hybridized carbons (Fsp3) is 0.950. The maximum absolute atomic E-state index is 6.00. The van der Waals surface area contributed by atoms with E-state index in [0.29, 0.717) is 12.0 Å². The molecular formula is C20H38N4O3. The van der Waals surface area contributed by atoms with Crippen LogP contribution in [0, 0.1) is 5.92 Å². The number of fused-ring (bicyclic) bond motifs is 1. The van der Waals surface area contributed by atoms with Crippen LogP contribution in [0.15, 0.2) is 4.99 Å². The van der Waals surface area contributed by atoms with E-state index in [1.165, 1.54) is 19.4 Å². The Labute approximate surface area is 164 Å². The van der Waals surface area contributed by atoms with Gasteiger partial charge in [-0.25, -0.2) is 0 Å². The molecule has 3 rings (SSSR count). The molecule has 2 unspecified atom stereocenters. The quantitative estimate of drug-likeness (QED) is 0.355. The molecular weight excluding hydrogens is 344 g/mol. The average molecular weight is 383 g/mol. The average Bonchev–Trinajstić information content (AvgIpc) is 3.17. The number of guanidine groups is 1. The third-order valence-corrected chi connectivity index (χ3v) is 5.71. The van der Waals surface area contributed by atoms with Crippen LogP contribution < -0.4 is 10.6 Å². The summed E-state index contributed by atoms with van der Waals surface area (Å²) in [4.78, 5) is 7.30. The SMILES string of the molecule is CCNC(=NCC1CN2CCCC2CO1)NCCCOCC1CCOCC1. The van der Waals surface area contributed by atoms with Crippen LogP contribution in [-0.4, -0.2) is 88.8 Å². The van der Waals surface area contributed by atoms with E-state index in [1.807, 2.05) is 0 Å². The molecule has 3 fully saturated rings. The molecule has 3 heterocycles. The number of hydrogen-bond donors (Lipinski definition) is 2. The predicted octanol–water partition coefficient (Wildman–Crippen LogP) is 1.24. The van der Waals surface area contributed by atoms with Crippen LogP contribution in [0.3, 0.4) is 0 Å². The minimum absolute atomic E-state index is 0.220. The van der Waals surface area contributed by atoms with Gasteiger partial charge in [-0.2, -0.15) is 0 Å². The summed E-state index contributed by atoms with van der Waals surface area (Å²) in [6, 6.07) is 0.651. The highest BCUT2D eigenvalue weighted by molar-refractivity contribution is 5.79. The largest absolute Gasteiger partial charge is 0.381 e. The van der Waals surface area contributed by atoms with Crippen LogP contribution in [0.2, 0.25) is 0 Å². The molecule has 0 spiro atoms. The zero-order valence-corrected chi connectivity index (χ0v) is 17.0. The van der Waals surface area contributed by atoms with Crippen molar-refractivity contribution in [3.8, 4) is 0 Å². The van der Waals surface area contributed by atoms with Crippen molar-refractivity contribution in [2.75, 3.05) is 65.8 Å². The van der Waals surface area contributed by atoms with E-state index < -0.39 is 0 Å². The van der Waals surface area contributed by atoms with Crippen molar-refractivity contribution in [1.29, 1.82) is 0 Å². The molecule has 3 aliphatic rings. The van der Waals surface area contributed by atoms with Gasteiger partial charge in [0.2, 0.25) is 0 Å². The van der Waals surface area contributed by atoms with Gasteiger partial charge in [0.25, 0.3) is 0 Å². The zero-order valence-electron chi connectivity index (χ0n) is 17.0. The predicted molar refractivity (Wildman–Crippen MR) is 107 cm³/mol. The molecule has 0 aromatic carbocycles. The molecule has 2 N–H and O–H groups in total. The minimum atomic E-state index is 0.220. The lowest BCUT2D eigenvalue weighted by atomic mass is 10.0. The van der Waals surface area contributed by atoms with Crippen molar-refractivity contribution in [3.63, 3.8) is 0 Å². The van der Waals surface area contributed by atoms with Crippen molar-refractivity contribution >= 4 is 5.96 Å². The number of ether oxygens (including phenoxy) is 3. The van der Waals surface area contributed by atoms with Crippen molar-refractivity contribution in [2.45, 2.75) is 51.2 Å². The van der Waals surface area contributed by atoms with Gasteiger partial charge in [-0.05, 0) is 51.5 Å². The van der Waals surface area contributed by atoms with Crippen molar-refractivity contribution in [2.24, 2.45) is 10.9 Å². The van der Waals surface area contributed by atoms with Gasteiger partial charge < -0.3 is 24.8 Å². The summed E-state index contributed by atoms with van der Waals surface area (Å²) in [5, 5.41) is 6.74. The van der Waals surface area contributed by atoms with E-state index in [1.54, 1.807) is 0 Å². The molecule has 0 aromatic heterocycles. The Hall–Kier alpha value is -0.890. The van der Waals surface area contributed by atoms with Gasteiger partial charge in [0.05, 0.1) is 19.3 Å². The molecule has 0 amide bonds. The van der Waals surface area contributed by atoms with Crippen LogP contribution in [0.4, 0.5) is 0 Å². The second-order valence-electron chi connectivity index (χ2n) is 7.88. The summed E-state index contributed by atoms with van der Waals surface area (Å²) in [6.45, 7) is 11.1. The smallest absolute Gasteiger partial charge is 0.191 e. The maximum atomic E-state index is 6.00. The molecule has 7 heteroatoms. The number of morpholine rings is 1. The molecule has 0 saturated carbocycles. The van der Waals surface area contributed by atoms with Gasteiger partial charge in [-0.1, -0.05) is 0 Å². The lowest BCUT2D eigenvalue weighted by Gasteiger charge is -2.34. The van der Waals surface area contributed by atoms with E-state index in [-0.39, 0.29) is 6.10 Å².